The first-order valence-corrected chi connectivity index (χ1v) is 33.7. The van der Waals surface area contributed by atoms with E-state index in [0.717, 1.165) is 13.1 Å². The van der Waals surface area contributed by atoms with Crippen LogP contribution in [0.4, 0.5) is 0 Å². The minimum absolute atomic E-state index is 0.0846. The summed E-state index contributed by atoms with van der Waals surface area (Å²) >= 11 is 0. The smallest absolute Gasteiger partial charge is 0.245 e. The molecule has 21 heteroatoms. The molecule has 0 spiro atoms. The Hall–Kier alpha value is -5.51. The zero-order valence-corrected chi connectivity index (χ0v) is 59.2. The first-order chi connectivity index (χ1) is 42.5. The van der Waals surface area contributed by atoms with Gasteiger partial charge in [0.25, 0.3) is 0 Å². The minimum atomic E-state index is -1.39. The lowest BCUT2D eigenvalue weighted by atomic mass is 9.82. The SMILES string of the molecule is C/C=C/C[C@@H](C)[C@@H](O)[C@@H]1CC(=O)[C@H](C(C)C)N(C)C(=O)[C@H](CC(C)C)CC(=O)[C@H](CC(C)C)N(C)C(=O)[C@@H](C)NC(=O)[C@H](C)CC(=O)[C@H](CC(C)C)N(C)C(=O)[C@H](C(C)C)CC(=O)[C@H]([C@@H](C)OC/C=C/CN2CCOCC2)N(C)C(=O)CCC(=O)[C@H](CC)NC1=O. The molecule has 21 nitrogen and oxygen atoms in total. The Morgan fingerprint density at radius 1 is 0.571 bits per heavy atom. The van der Waals surface area contributed by atoms with Gasteiger partial charge >= 0.3 is 0 Å². The number of hydrogen-bond donors (Lipinski definition) is 3. The van der Waals surface area contributed by atoms with Crippen LogP contribution < -0.4 is 10.6 Å². The van der Waals surface area contributed by atoms with Crippen molar-refractivity contribution >= 4 is 64.4 Å². The molecular weight excluding hydrogens is 1160 g/mol. The van der Waals surface area contributed by atoms with E-state index in [-0.39, 0.29) is 82.1 Å². The summed E-state index contributed by atoms with van der Waals surface area (Å²) in [6.07, 6.45) is 4.12. The quantitative estimate of drug-likeness (QED) is 0.109. The van der Waals surface area contributed by atoms with Gasteiger partial charge in [-0.25, -0.2) is 0 Å². The molecular formula is C70H119N7O14. The molecule has 2 aliphatic heterocycles. The highest BCUT2D eigenvalue weighted by Gasteiger charge is 2.43. The molecule has 0 aromatic rings. The number of nitrogens with zero attached hydrogens (tertiary/aromatic N) is 5. The average molecular weight is 1280 g/mol. The molecule has 6 amide bonds. The van der Waals surface area contributed by atoms with Crippen LogP contribution in [0.3, 0.4) is 0 Å². The zero-order valence-electron chi connectivity index (χ0n) is 59.2. The Morgan fingerprint density at radius 3 is 1.64 bits per heavy atom. The van der Waals surface area contributed by atoms with Crippen LogP contribution in [0.2, 0.25) is 0 Å². The van der Waals surface area contributed by atoms with Crippen molar-refractivity contribution in [2.24, 2.45) is 59.2 Å². The molecule has 0 saturated carbocycles. The van der Waals surface area contributed by atoms with Gasteiger partial charge in [0, 0.05) is 104 Å². The van der Waals surface area contributed by atoms with Crippen molar-refractivity contribution in [1.29, 1.82) is 0 Å². The number of hydrogen-bond acceptors (Lipinski definition) is 15. The molecule has 0 bridgehead atoms. The standard InChI is InChI=1S/C70H119N7O14/c1-21-23-26-47(13)65(84)53-41-60(81)63(46(11)12)76(20)69(88)51(35-42(3)4)39-59(80)56(37-44(7)8)73(17)68(87)49(15)71-66(85)48(14)38-58(79)55(36-43(5)6)74(18)70(89)52(45(9)10)40-61(82)64(50(16)91-32-25-24-29-77-30-33-90-34-31-77)75(19)62(83)28-27-57(78)54(22-2)72-67(53)86/h21,23-25,42-56,63-65,84H,22,26-41H2,1-20H3,(H,71,85)(H,72,86)/b23-21+,25-24+/t47-,48-,49-,50-,51-,52+,53+,54+,55+,56+,63+,64+,65-/m1/s1. The molecule has 518 valence electrons. The van der Waals surface area contributed by atoms with E-state index in [1.807, 2.05) is 66.7 Å². The second kappa shape index (κ2) is 39.9. The number of ether oxygens (including phenoxy) is 2. The van der Waals surface area contributed by atoms with E-state index in [9.17, 15) is 57.8 Å². The first-order valence-electron chi connectivity index (χ1n) is 33.7. The summed E-state index contributed by atoms with van der Waals surface area (Å²) in [4.78, 5) is 168. The van der Waals surface area contributed by atoms with Gasteiger partial charge < -0.3 is 44.8 Å². The molecule has 2 heterocycles. The summed E-state index contributed by atoms with van der Waals surface area (Å²) in [6, 6.07) is -6.68. The van der Waals surface area contributed by atoms with Crippen LogP contribution in [0.5, 0.6) is 0 Å². The number of likely N-dealkylation sites (N-methyl/N-ethyl adjacent to an activating group) is 4. The predicted octanol–water partition coefficient (Wildman–Crippen LogP) is 7.09. The molecule has 91 heavy (non-hydrogen) atoms. The van der Waals surface area contributed by atoms with Gasteiger partial charge in [-0.15, -0.1) is 0 Å². The number of carbonyl (C=O) groups excluding carboxylic acids is 11. The van der Waals surface area contributed by atoms with Crippen LogP contribution in [0, 0.1) is 59.2 Å². The summed E-state index contributed by atoms with van der Waals surface area (Å²) < 4.78 is 11.7. The molecule has 2 rings (SSSR count). The van der Waals surface area contributed by atoms with Gasteiger partial charge in [0.2, 0.25) is 35.4 Å². The Kier molecular flexibility index (Phi) is 35.8. The Labute approximate surface area is 545 Å². The molecule has 2 fully saturated rings. The van der Waals surface area contributed by atoms with E-state index in [0.29, 0.717) is 26.2 Å². The second-order valence-corrected chi connectivity index (χ2v) is 28.0. The van der Waals surface area contributed by atoms with Gasteiger partial charge in [-0.3, -0.25) is 57.6 Å². The third kappa shape index (κ3) is 25.7. The van der Waals surface area contributed by atoms with Crippen LogP contribution in [-0.4, -0.2) is 210 Å². The van der Waals surface area contributed by atoms with E-state index in [1.54, 1.807) is 61.5 Å². The number of aliphatic hydroxyl groups excluding tert-OH is 1. The van der Waals surface area contributed by atoms with Crippen LogP contribution >= 0.6 is 0 Å². The minimum Gasteiger partial charge on any atom is -0.392 e. The third-order valence-electron chi connectivity index (χ3n) is 18.1. The summed E-state index contributed by atoms with van der Waals surface area (Å²) in [5.41, 5.74) is 0. The van der Waals surface area contributed by atoms with Gasteiger partial charge in [0.1, 0.15) is 12.1 Å². The fourth-order valence-electron chi connectivity index (χ4n) is 12.5. The van der Waals surface area contributed by atoms with Crippen molar-refractivity contribution in [2.75, 3.05) is 67.6 Å². The third-order valence-corrected chi connectivity index (χ3v) is 18.1. The lowest BCUT2D eigenvalue weighted by Crippen LogP contribution is -2.53. The fraction of sp³-hybridized carbons (Fsp3) is 0.786. The fourth-order valence-corrected chi connectivity index (χ4v) is 12.5. The summed E-state index contributed by atoms with van der Waals surface area (Å²) in [7, 11) is 5.93. The molecule has 2 aliphatic rings. The normalized spacial score (nSPS) is 27.6. The van der Waals surface area contributed by atoms with E-state index >= 15 is 0 Å². The first kappa shape index (κ1) is 81.6. The highest BCUT2D eigenvalue weighted by atomic mass is 16.5. The summed E-state index contributed by atoms with van der Waals surface area (Å²) in [5.74, 6) is -11.8. The molecule has 3 N–H and O–H groups in total. The highest BCUT2D eigenvalue weighted by Crippen LogP contribution is 2.30. The summed E-state index contributed by atoms with van der Waals surface area (Å²) in [6.45, 7) is 32.1. The van der Waals surface area contributed by atoms with Crippen LogP contribution in [-0.2, 0) is 62.2 Å². The Balaban J connectivity index is 2.88. The van der Waals surface area contributed by atoms with Crippen molar-refractivity contribution < 1.29 is 67.3 Å². The maximum Gasteiger partial charge on any atom is 0.245 e. The van der Waals surface area contributed by atoms with Crippen molar-refractivity contribution in [1.82, 2.24) is 35.1 Å². The van der Waals surface area contributed by atoms with E-state index < -0.39 is 161 Å². The number of carbonyl (C=O) groups is 11. The van der Waals surface area contributed by atoms with Crippen molar-refractivity contribution in [3.63, 3.8) is 0 Å². The Morgan fingerprint density at radius 2 is 1.11 bits per heavy atom. The van der Waals surface area contributed by atoms with Crippen molar-refractivity contribution in [3.05, 3.63) is 24.3 Å². The molecule has 0 radical (unpaired) electrons. The maximum absolute atomic E-state index is 15.0. The van der Waals surface area contributed by atoms with Crippen LogP contribution in [0.15, 0.2) is 24.3 Å². The van der Waals surface area contributed by atoms with Crippen molar-refractivity contribution in [3.8, 4) is 0 Å². The van der Waals surface area contributed by atoms with Gasteiger partial charge in [0.15, 0.2) is 28.9 Å². The van der Waals surface area contributed by atoms with Gasteiger partial charge in [-0.05, 0) is 88.4 Å². The second-order valence-electron chi connectivity index (χ2n) is 28.0. The molecule has 13 atom stereocenters. The number of aliphatic hydroxyl groups is 1. The molecule has 0 aromatic carbocycles. The van der Waals surface area contributed by atoms with Gasteiger partial charge in [-0.2, -0.15) is 0 Å². The number of nitrogens with one attached hydrogen (secondary N) is 2. The maximum atomic E-state index is 15.0. The number of amides is 6. The predicted molar refractivity (Wildman–Crippen MR) is 353 cm³/mol. The van der Waals surface area contributed by atoms with Crippen molar-refractivity contribution in [2.45, 2.75) is 230 Å². The largest absolute Gasteiger partial charge is 0.392 e. The Bertz CT molecular complexity index is 2470. The number of ketones is 5. The highest BCUT2D eigenvalue weighted by molar-refractivity contribution is 5.99. The monoisotopic (exact) mass is 1280 g/mol. The number of morpholine rings is 1. The number of rotatable bonds is 19. The number of Topliss-reactive ketones (excluding diaryl/α,β-unsaturated/α-hetero) is 5. The lowest BCUT2D eigenvalue weighted by molar-refractivity contribution is -0.148. The van der Waals surface area contributed by atoms with Crippen LogP contribution in [0.25, 0.3) is 0 Å². The average Bonchev–Trinajstić information content (AvgIpc) is 1.11. The van der Waals surface area contributed by atoms with Gasteiger partial charge in [0.05, 0.1) is 62.1 Å². The molecule has 0 unspecified atom stereocenters. The summed E-state index contributed by atoms with van der Waals surface area (Å²) in [5, 5.41) is 17.5. The molecule has 0 aliphatic carbocycles. The number of allylic oxidation sites excluding steroid dienone is 2. The lowest BCUT2D eigenvalue weighted by Gasteiger charge is -2.36. The van der Waals surface area contributed by atoms with E-state index in [2.05, 4.69) is 15.5 Å². The molecule has 0 aromatic heterocycles. The van der Waals surface area contributed by atoms with E-state index in [4.69, 9.17) is 9.47 Å². The van der Waals surface area contributed by atoms with E-state index in [1.165, 1.54) is 54.7 Å². The van der Waals surface area contributed by atoms with Gasteiger partial charge in [-0.1, -0.05) is 114 Å². The molecule has 2 saturated heterocycles. The topological polar surface area (TPSA) is 267 Å². The zero-order chi connectivity index (χ0) is 69.3. The van der Waals surface area contributed by atoms with Crippen LogP contribution in [0.1, 0.15) is 181 Å².